The highest BCUT2D eigenvalue weighted by Crippen LogP contribution is 2.50. The lowest BCUT2D eigenvalue weighted by atomic mass is 9.86. The Labute approximate surface area is 363 Å². The standard InChI is InChI=1S/C54H38O9/c1-59-51(55)43-27-39(31-17-9-5-13-21-35(31)43)49(40-28-44(52(56)60-2)36-22-14-6-10-18-32(36)40)47-25-26-48(63-47)50(41-29-45(53(57)61-3)37-23-15-7-11-19-33(37)41)42-30-46(54(58)62-4)38-24-16-8-12-20-34(38)42/h5-30H,1-4H3/q+2. The molecule has 9 rings (SSSR count). The number of methoxy groups -OCH3 is 4. The summed E-state index contributed by atoms with van der Waals surface area (Å²) in [7, 11) is 5.37. The molecule has 1 aromatic rings. The third kappa shape index (κ3) is 6.86. The molecule has 9 heteroatoms. The van der Waals surface area contributed by atoms with Crippen molar-refractivity contribution in [2.45, 2.75) is 0 Å². The fraction of sp³-hybridized carbons (Fsp3) is 0.0741. The molecule has 0 N–H and O–H groups in total. The number of hydrogen-bond acceptors (Lipinski definition) is 9. The molecule has 0 aromatic carbocycles. The number of furan rings is 1. The second kappa shape index (κ2) is 16.6. The number of rotatable bonds is 10. The van der Waals surface area contributed by atoms with Gasteiger partial charge in [-0.15, -0.1) is 0 Å². The highest BCUT2D eigenvalue weighted by molar-refractivity contribution is 6.05. The van der Waals surface area contributed by atoms with E-state index in [-0.39, 0.29) is 0 Å². The van der Waals surface area contributed by atoms with E-state index >= 15 is 0 Å². The second-order valence-electron chi connectivity index (χ2n) is 14.7. The van der Waals surface area contributed by atoms with E-state index in [1.54, 1.807) is 24.3 Å². The molecule has 9 nitrogen and oxygen atoms in total. The summed E-state index contributed by atoms with van der Waals surface area (Å²) in [6.07, 6.45) is 0. The fourth-order valence-corrected chi connectivity index (χ4v) is 8.64. The Kier molecular flexibility index (Phi) is 10.6. The number of carbonyl (C=O) groups is 4. The normalized spacial score (nSPS) is 11.1. The number of hydrogen-bond donors (Lipinski definition) is 0. The van der Waals surface area contributed by atoms with E-state index in [4.69, 9.17) is 23.4 Å². The Hall–Kier alpha value is -8.30. The Bertz CT molecular complexity index is 2680. The molecule has 1 aromatic heterocycles. The predicted octanol–water partition coefficient (Wildman–Crippen LogP) is 10.9. The molecule has 306 valence electrons. The monoisotopic (exact) mass is 830 g/mol. The lowest BCUT2D eigenvalue weighted by Gasteiger charge is -2.13. The molecule has 0 amide bonds. The molecule has 0 saturated carbocycles. The molecule has 0 atom stereocenters. The van der Waals surface area contributed by atoms with E-state index in [9.17, 15) is 19.2 Å². The van der Waals surface area contributed by atoms with Gasteiger partial charge in [0.15, 0.2) is 11.5 Å². The quantitative estimate of drug-likeness (QED) is 0.0754. The number of fused-ring (bicyclic) bond motifs is 4. The fourth-order valence-electron chi connectivity index (χ4n) is 8.64. The highest BCUT2D eigenvalue weighted by Gasteiger charge is 2.43. The van der Waals surface area contributed by atoms with Crippen LogP contribution in [0.2, 0.25) is 0 Å². The van der Waals surface area contributed by atoms with Crippen molar-refractivity contribution < 1.29 is 42.5 Å². The molecule has 63 heavy (non-hydrogen) atoms. The first-order chi connectivity index (χ1) is 30.8. The van der Waals surface area contributed by atoms with E-state index in [0.29, 0.717) is 90.1 Å². The largest absolute Gasteiger partial charge is 0.465 e. The minimum absolute atomic E-state index is 0.350. The van der Waals surface area contributed by atoms with Crippen LogP contribution in [-0.4, -0.2) is 52.3 Å². The van der Waals surface area contributed by atoms with Crippen LogP contribution in [0.15, 0.2) is 162 Å². The van der Waals surface area contributed by atoms with Gasteiger partial charge in [0, 0.05) is 68.8 Å². The summed E-state index contributed by atoms with van der Waals surface area (Å²) >= 11 is 0. The van der Waals surface area contributed by atoms with Crippen LogP contribution >= 0.6 is 0 Å². The molecule has 0 bridgehead atoms. The molecule has 8 aliphatic carbocycles. The Morgan fingerprint density at radius 2 is 0.556 bits per heavy atom. The summed E-state index contributed by atoms with van der Waals surface area (Å²) in [6.45, 7) is 0. The van der Waals surface area contributed by atoms with Crippen LogP contribution in [0.1, 0.15) is 75.2 Å². The van der Waals surface area contributed by atoms with Gasteiger partial charge >= 0.3 is 23.9 Å². The first kappa shape index (κ1) is 40.1. The molecule has 0 saturated heterocycles. The third-order valence-corrected chi connectivity index (χ3v) is 11.4. The van der Waals surface area contributed by atoms with Crippen molar-refractivity contribution in [3.63, 3.8) is 0 Å². The van der Waals surface area contributed by atoms with Crippen molar-refractivity contribution in [1.82, 2.24) is 0 Å². The zero-order valence-electron chi connectivity index (χ0n) is 34.7. The minimum Gasteiger partial charge on any atom is -0.465 e. The first-order valence-electron chi connectivity index (χ1n) is 20.0. The van der Waals surface area contributed by atoms with Crippen molar-refractivity contribution in [1.29, 1.82) is 0 Å². The molecule has 8 aliphatic rings. The summed E-state index contributed by atoms with van der Waals surface area (Å²) in [5.41, 5.74) is 9.58. The van der Waals surface area contributed by atoms with Gasteiger partial charge in [0.25, 0.3) is 0 Å². The van der Waals surface area contributed by atoms with Crippen LogP contribution in [0.5, 0.6) is 0 Å². The van der Waals surface area contributed by atoms with Crippen molar-refractivity contribution in [2.24, 2.45) is 0 Å². The van der Waals surface area contributed by atoms with Crippen molar-refractivity contribution in [3.8, 4) is 44.5 Å². The van der Waals surface area contributed by atoms with Crippen molar-refractivity contribution >= 4 is 23.9 Å². The van der Waals surface area contributed by atoms with E-state index in [2.05, 4.69) is 0 Å². The molecule has 1 heterocycles. The molecule has 0 spiro atoms. The first-order valence-corrected chi connectivity index (χ1v) is 20.0. The third-order valence-electron chi connectivity index (χ3n) is 11.4. The van der Waals surface area contributed by atoms with Crippen LogP contribution < -0.4 is 0 Å². The Morgan fingerprint density at radius 1 is 0.333 bits per heavy atom. The van der Waals surface area contributed by atoms with Gasteiger partial charge < -0.3 is 23.4 Å². The van der Waals surface area contributed by atoms with Gasteiger partial charge in [0.05, 0.1) is 62.8 Å². The highest BCUT2D eigenvalue weighted by atomic mass is 16.5. The second-order valence-corrected chi connectivity index (χ2v) is 14.7. The van der Waals surface area contributed by atoms with E-state index in [0.717, 1.165) is 22.3 Å². The van der Waals surface area contributed by atoms with Gasteiger partial charge in [0.1, 0.15) is 34.1 Å². The minimum atomic E-state index is -0.517. The SMILES string of the molecule is COC(=O)c1cc([C+](c2ccc([C+](c3cc(C(=O)OC)c4cccccc3-4)c3cc(C(=O)OC)c4cccccc3-4)o2)c2cc(C(=O)OC)c3cccccc2-3)c2cccccc1-2. The zero-order chi connectivity index (χ0) is 43.8. The number of carbonyl (C=O) groups excluding carboxylic acids is 4. The van der Waals surface area contributed by atoms with Crippen molar-refractivity contribution in [3.05, 3.63) is 226 Å². The Morgan fingerprint density at radius 3 is 0.778 bits per heavy atom. The van der Waals surface area contributed by atoms with Crippen LogP contribution in [0.3, 0.4) is 0 Å². The molecular weight excluding hydrogens is 793 g/mol. The summed E-state index contributed by atoms with van der Waals surface area (Å²) < 4.78 is 28.3. The smallest absolute Gasteiger partial charge is 0.345 e. The van der Waals surface area contributed by atoms with Gasteiger partial charge in [-0.25, -0.2) is 19.2 Å². The maximum absolute atomic E-state index is 13.4. The summed E-state index contributed by atoms with van der Waals surface area (Å²) in [5, 5.41) is 0. The van der Waals surface area contributed by atoms with Crippen LogP contribution in [0.4, 0.5) is 0 Å². The summed E-state index contributed by atoms with van der Waals surface area (Å²) in [6, 6.07) is 48.6. The van der Waals surface area contributed by atoms with Gasteiger partial charge in [-0.05, 0) is 48.5 Å². The molecule has 0 fully saturated rings. The predicted molar refractivity (Wildman–Crippen MR) is 237 cm³/mol. The molecule has 0 aliphatic heterocycles. The number of esters is 4. The van der Waals surface area contributed by atoms with Gasteiger partial charge in [-0.1, -0.05) is 72.8 Å². The van der Waals surface area contributed by atoms with E-state index in [1.165, 1.54) is 28.4 Å². The van der Waals surface area contributed by atoms with E-state index in [1.807, 2.05) is 133 Å². The number of ether oxygens (including phenoxy) is 4. The average Bonchev–Trinajstić information content (AvgIpc) is 3.97. The van der Waals surface area contributed by atoms with Crippen LogP contribution in [0.25, 0.3) is 44.5 Å². The maximum atomic E-state index is 13.4. The van der Waals surface area contributed by atoms with Crippen LogP contribution in [0, 0.1) is 11.8 Å². The van der Waals surface area contributed by atoms with Gasteiger partial charge in [0.2, 0.25) is 0 Å². The van der Waals surface area contributed by atoms with Crippen LogP contribution in [-0.2, 0) is 18.9 Å². The lowest BCUT2D eigenvalue weighted by Crippen LogP contribution is -2.06. The van der Waals surface area contributed by atoms with Crippen molar-refractivity contribution in [2.75, 3.05) is 28.4 Å². The maximum Gasteiger partial charge on any atom is 0.345 e. The lowest BCUT2D eigenvalue weighted by molar-refractivity contribution is 0.0593. The molecule has 0 unspecified atom stereocenters. The summed E-state index contributed by atoms with van der Waals surface area (Å²) in [4.78, 5) is 53.8. The van der Waals surface area contributed by atoms with Gasteiger partial charge in [-0.3, -0.25) is 0 Å². The molecule has 0 radical (unpaired) electrons. The average molecular weight is 831 g/mol. The topological polar surface area (TPSA) is 118 Å². The van der Waals surface area contributed by atoms with Gasteiger partial charge in [-0.2, -0.15) is 0 Å². The Balaban J connectivity index is 1.35. The molecular formula is C54H38O9+2. The van der Waals surface area contributed by atoms with E-state index < -0.39 is 23.9 Å². The summed E-state index contributed by atoms with van der Waals surface area (Å²) in [5.74, 6) is -0.0991. The zero-order valence-corrected chi connectivity index (χ0v) is 34.7.